The van der Waals surface area contributed by atoms with Gasteiger partial charge >= 0.3 is 0 Å². The van der Waals surface area contributed by atoms with Crippen molar-refractivity contribution in [2.75, 3.05) is 43.1 Å². The van der Waals surface area contributed by atoms with Gasteiger partial charge in [-0.25, -0.2) is 15.0 Å². The number of aliphatic hydroxyl groups is 1. The molecule has 0 aromatic carbocycles. The number of aliphatic hydroxyl groups excluding tert-OH is 1. The Morgan fingerprint density at radius 1 is 1.04 bits per heavy atom. The lowest BCUT2D eigenvalue weighted by atomic mass is 9.90. The number of nitrogens with one attached hydrogen (secondary N) is 1. The van der Waals surface area contributed by atoms with Crippen LogP contribution in [0, 0.1) is 5.41 Å². The molecule has 0 radical (unpaired) electrons. The van der Waals surface area contributed by atoms with E-state index in [0.717, 1.165) is 51.5 Å². The quantitative estimate of drug-likeness (QED) is 0.268. The van der Waals surface area contributed by atoms with Gasteiger partial charge in [-0.15, -0.1) is 0 Å². The van der Waals surface area contributed by atoms with Crippen LogP contribution in [0.4, 0.5) is 17.3 Å². The van der Waals surface area contributed by atoms with Crippen LogP contribution in [-0.4, -0.2) is 83.4 Å². The fraction of sp³-hybridized carbons (Fsp3) is 0.417. The maximum atomic E-state index is 13.8. The molecular formula is C36H41N9O4. The van der Waals surface area contributed by atoms with Gasteiger partial charge < -0.3 is 29.0 Å². The molecule has 5 aromatic heterocycles. The Balaban J connectivity index is 1.07. The minimum absolute atomic E-state index is 0.167. The van der Waals surface area contributed by atoms with E-state index in [1.54, 1.807) is 50.2 Å². The molecule has 2 aliphatic heterocycles. The van der Waals surface area contributed by atoms with E-state index in [1.807, 2.05) is 16.7 Å². The summed E-state index contributed by atoms with van der Waals surface area (Å²) in [7, 11) is 1.68. The number of hydrogen-bond acceptors (Lipinski definition) is 10. The molecule has 5 aromatic rings. The predicted molar refractivity (Wildman–Crippen MR) is 187 cm³/mol. The van der Waals surface area contributed by atoms with E-state index in [4.69, 9.17) is 4.74 Å². The highest BCUT2D eigenvalue weighted by atomic mass is 16.5. The highest BCUT2D eigenvalue weighted by Crippen LogP contribution is 2.37. The number of anilines is 3. The normalized spacial score (nSPS) is 19.3. The molecule has 1 atom stereocenters. The average molecular weight is 664 g/mol. The summed E-state index contributed by atoms with van der Waals surface area (Å²) in [5.74, 6) is 1.58. The van der Waals surface area contributed by atoms with E-state index in [2.05, 4.69) is 50.8 Å². The van der Waals surface area contributed by atoms with Gasteiger partial charge in [0, 0.05) is 74.3 Å². The molecule has 7 heterocycles. The maximum Gasteiger partial charge on any atom is 0.280 e. The summed E-state index contributed by atoms with van der Waals surface area (Å²) in [4.78, 5) is 45.6. The topological polar surface area (TPSA) is 135 Å². The molecule has 0 bridgehead atoms. The zero-order valence-corrected chi connectivity index (χ0v) is 28.3. The Labute approximate surface area is 283 Å². The van der Waals surface area contributed by atoms with Crippen molar-refractivity contribution in [2.45, 2.75) is 52.3 Å². The SMILES string of the molecule is C[C@H]1CN(C2COC2)CCN1c1cnc(Nc2cc(-c3ccnc(-n4ccn5c6c(cc5c4=O)CC(C)(C)C6)c3CO)cn(C)c2=O)cn1. The highest BCUT2D eigenvalue weighted by Gasteiger charge is 2.33. The molecule has 0 amide bonds. The van der Waals surface area contributed by atoms with Crippen molar-refractivity contribution < 1.29 is 9.84 Å². The van der Waals surface area contributed by atoms with Crippen LogP contribution in [0.3, 0.4) is 0 Å². The third-order valence-electron chi connectivity index (χ3n) is 10.3. The van der Waals surface area contributed by atoms with Gasteiger partial charge in [0.1, 0.15) is 28.7 Å². The second kappa shape index (κ2) is 11.9. The lowest BCUT2D eigenvalue weighted by Gasteiger charge is -2.46. The smallest absolute Gasteiger partial charge is 0.280 e. The number of rotatable bonds is 7. The first-order chi connectivity index (χ1) is 23.6. The largest absolute Gasteiger partial charge is 0.392 e. The van der Waals surface area contributed by atoms with Crippen LogP contribution < -0.4 is 21.3 Å². The summed E-state index contributed by atoms with van der Waals surface area (Å²) < 4.78 is 10.3. The summed E-state index contributed by atoms with van der Waals surface area (Å²) in [6, 6.07) is 6.29. The Bertz CT molecular complexity index is 2180. The van der Waals surface area contributed by atoms with Crippen LogP contribution in [0.25, 0.3) is 22.5 Å². The second-order valence-electron chi connectivity index (χ2n) is 14.4. The zero-order valence-electron chi connectivity index (χ0n) is 28.3. The van der Waals surface area contributed by atoms with Gasteiger partial charge in [0.15, 0.2) is 0 Å². The van der Waals surface area contributed by atoms with Crippen molar-refractivity contribution in [1.82, 2.24) is 33.4 Å². The molecule has 0 spiro atoms. The molecule has 13 nitrogen and oxygen atoms in total. The van der Waals surface area contributed by atoms with Gasteiger partial charge in [-0.3, -0.25) is 19.1 Å². The fourth-order valence-corrected chi connectivity index (χ4v) is 7.66. The molecular weight excluding hydrogens is 622 g/mol. The third-order valence-corrected chi connectivity index (χ3v) is 10.3. The number of nitrogens with zero attached hydrogens (tertiary/aromatic N) is 8. The van der Waals surface area contributed by atoms with Gasteiger partial charge in [0.05, 0.1) is 38.3 Å². The lowest BCUT2D eigenvalue weighted by molar-refractivity contribution is -0.0692. The van der Waals surface area contributed by atoms with Crippen molar-refractivity contribution in [2.24, 2.45) is 12.5 Å². The number of aryl methyl sites for hydroxylation is 1. The third kappa shape index (κ3) is 5.51. The first kappa shape index (κ1) is 31.4. The first-order valence-electron chi connectivity index (χ1n) is 16.8. The second-order valence-corrected chi connectivity index (χ2v) is 14.4. The zero-order chi connectivity index (χ0) is 34.0. The van der Waals surface area contributed by atoms with E-state index < -0.39 is 0 Å². The summed E-state index contributed by atoms with van der Waals surface area (Å²) in [6.07, 6.45) is 12.2. The van der Waals surface area contributed by atoms with Crippen LogP contribution in [0.1, 0.15) is 37.6 Å². The van der Waals surface area contributed by atoms with Crippen molar-refractivity contribution >= 4 is 22.8 Å². The summed E-state index contributed by atoms with van der Waals surface area (Å²) >= 11 is 0. The standard InChI is InChI=1S/C36H41N9O4/c1-22-17-42(25-20-49-21-25)7-8-43(22)32-16-38-31(15-39-32)40-28-11-24(18-41(4)34(28)47)26-5-6-37-33(27(26)19-46)45-10-9-44-29(35(45)48)12-23-13-36(2,3)14-30(23)44/h5-6,9-12,15-16,18,22,25,46H,7-8,13-14,17,19-21H2,1-4H3,(H,38,40)/t22-/m0/s1. The summed E-state index contributed by atoms with van der Waals surface area (Å²) in [5.41, 5.74) is 4.77. The first-order valence-corrected chi connectivity index (χ1v) is 16.8. The van der Waals surface area contributed by atoms with Gasteiger partial charge in [0.2, 0.25) is 0 Å². The van der Waals surface area contributed by atoms with Crippen LogP contribution in [0.5, 0.6) is 0 Å². The Kier molecular flexibility index (Phi) is 7.65. The van der Waals surface area contributed by atoms with Gasteiger partial charge in [0.25, 0.3) is 11.1 Å². The van der Waals surface area contributed by atoms with Crippen LogP contribution in [0.15, 0.2) is 65.0 Å². The van der Waals surface area contributed by atoms with Crippen molar-refractivity contribution in [3.8, 4) is 16.9 Å². The maximum absolute atomic E-state index is 13.8. The van der Waals surface area contributed by atoms with E-state index in [1.165, 1.54) is 20.4 Å². The average Bonchev–Trinajstić information content (AvgIpc) is 3.55. The predicted octanol–water partition coefficient (Wildman–Crippen LogP) is 2.91. The minimum atomic E-state index is -0.360. The summed E-state index contributed by atoms with van der Waals surface area (Å²) in [6.45, 7) is 10.7. The number of hydrogen-bond donors (Lipinski definition) is 2. The molecule has 0 saturated carbocycles. The number of piperazine rings is 1. The van der Waals surface area contributed by atoms with Gasteiger partial charge in [-0.05, 0) is 54.5 Å². The monoisotopic (exact) mass is 663 g/mol. The minimum Gasteiger partial charge on any atom is -0.392 e. The molecule has 0 unspecified atom stereocenters. The van der Waals surface area contributed by atoms with Crippen LogP contribution in [-0.2, 0) is 31.2 Å². The molecule has 13 heteroatoms. The molecule has 3 aliphatic rings. The van der Waals surface area contributed by atoms with E-state index >= 15 is 0 Å². The number of aromatic nitrogens is 6. The molecule has 1 aliphatic carbocycles. The van der Waals surface area contributed by atoms with E-state index in [-0.39, 0.29) is 29.2 Å². The molecule has 2 saturated heterocycles. The number of ether oxygens (including phenoxy) is 1. The summed E-state index contributed by atoms with van der Waals surface area (Å²) in [5, 5.41) is 13.8. The van der Waals surface area contributed by atoms with Crippen molar-refractivity contribution in [1.29, 1.82) is 0 Å². The fourth-order valence-electron chi connectivity index (χ4n) is 7.66. The molecule has 254 valence electrons. The Hall–Kier alpha value is -4.85. The Morgan fingerprint density at radius 3 is 2.59 bits per heavy atom. The number of fused-ring (bicyclic) bond motifs is 3. The van der Waals surface area contributed by atoms with Gasteiger partial charge in [-0.2, -0.15) is 0 Å². The van der Waals surface area contributed by atoms with Crippen LogP contribution >= 0.6 is 0 Å². The molecule has 2 fully saturated rings. The molecule has 2 N–H and O–H groups in total. The van der Waals surface area contributed by atoms with Crippen LogP contribution in [0.2, 0.25) is 0 Å². The van der Waals surface area contributed by atoms with Crippen molar-refractivity contribution in [3.05, 3.63) is 92.9 Å². The Morgan fingerprint density at radius 2 is 1.88 bits per heavy atom. The van der Waals surface area contributed by atoms with Gasteiger partial charge in [-0.1, -0.05) is 13.8 Å². The van der Waals surface area contributed by atoms with E-state index in [9.17, 15) is 14.7 Å². The number of pyridine rings is 2. The van der Waals surface area contributed by atoms with Crippen molar-refractivity contribution in [3.63, 3.8) is 0 Å². The van der Waals surface area contributed by atoms with E-state index in [0.29, 0.717) is 45.6 Å². The highest BCUT2D eigenvalue weighted by molar-refractivity contribution is 5.73. The molecule has 49 heavy (non-hydrogen) atoms. The lowest BCUT2D eigenvalue weighted by Crippen LogP contribution is -2.59. The molecule has 8 rings (SSSR count).